The summed E-state index contributed by atoms with van der Waals surface area (Å²) in [7, 11) is -3.45. The van der Waals surface area contributed by atoms with Gasteiger partial charge >= 0.3 is 0 Å². The minimum absolute atomic E-state index is 0.0716. The lowest BCUT2D eigenvalue weighted by atomic mass is 10.0. The molecule has 1 unspecified atom stereocenters. The molecule has 3 amide bonds. The van der Waals surface area contributed by atoms with Crippen molar-refractivity contribution in [3.63, 3.8) is 0 Å². The fraction of sp³-hybridized carbons (Fsp3) is 0.421. The standard InChI is InChI=1S/C19H20N2O6S/c1-28(25,26)27-11-4-2-3-6-13-7-5-8-14-15(13)12-21(19(14)24)16-9-10-17(22)20-18(16)23/h5,7-8,16H,2,4,9-12H2,1H3,(H,20,22,23). The predicted octanol–water partition coefficient (Wildman–Crippen LogP) is 0.555. The number of amides is 3. The molecule has 148 valence electrons. The van der Waals surface area contributed by atoms with Gasteiger partial charge in [0.2, 0.25) is 11.8 Å². The number of fused-ring (bicyclic) bond motifs is 1. The van der Waals surface area contributed by atoms with Gasteiger partial charge in [-0.3, -0.25) is 23.9 Å². The molecular formula is C19H20N2O6S. The van der Waals surface area contributed by atoms with E-state index in [1.807, 2.05) is 0 Å². The average Bonchev–Trinajstić information content (AvgIpc) is 2.95. The molecule has 0 bridgehead atoms. The first-order valence-corrected chi connectivity index (χ1v) is 10.7. The van der Waals surface area contributed by atoms with Gasteiger partial charge in [0, 0.05) is 30.5 Å². The van der Waals surface area contributed by atoms with Crippen molar-refractivity contribution in [3.8, 4) is 11.8 Å². The van der Waals surface area contributed by atoms with Crippen molar-refractivity contribution >= 4 is 27.8 Å². The van der Waals surface area contributed by atoms with Crippen LogP contribution in [0.25, 0.3) is 0 Å². The number of carbonyl (C=O) groups is 3. The molecule has 1 aromatic carbocycles. The maximum absolute atomic E-state index is 12.7. The van der Waals surface area contributed by atoms with Crippen LogP contribution >= 0.6 is 0 Å². The Morgan fingerprint density at radius 2 is 2.07 bits per heavy atom. The molecule has 2 heterocycles. The fourth-order valence-corrected chi connectivity index (χ4v) is 3.65. The first-order chi connectivity index (χ1) is 13.3. The van der Waals surface area contributed by atoms with Gasteiger partial charge in [-0.25, -0.2) is 0 Å². The van der Waals surface area contributed by atoms with Gasteiger partial charge in [-0.05, 0) is 30.5 Å². The number of benzene rings is 1. The van der Waals surface area contributed by atoms with Gasteiger partial charge < -0.3 is 4.90 Å². The third-order valence-corrected chi connectivity index (χ3v) is 5.14. The molecule has 0 spiro atoms. The van der Waals surface area contributed by atoms with Gasteiger partial charge in [0.25, 0.3) is 16.0 Å². The average molecular weight is 404 g/mol. The summed E-state index contributed by atoms with van der Waals surface area (Å²) in [5, 5.41) is 2.28. The summed E-state index contributed by atoms with van der Waals surface area (Å²) >= 11 is 0. The van der Waals surface area contributed by atoms with E-state index in [9.17, 15) is 22.8 Å². The molecule has 1 aromatic rings. The normalized spacial score (nSPS) is 19.1. The maximum Gasteiger partial charge on any atom is 0.264 e. The van der Waals surface area contributed by atoms with Gasteiger partial charge in [0.05, 0.1) is 12.9 Å². The Kier molecular flexibility index (Phi) is 5.82. The summed E-state index contributed by atoms with van der Waals surface area (Å²) in [5.41, 5.74) is 1.97. The summed E-state index contributed by atoms with van der Waals surface area (Å²) in [5.74, 6) is 4.97. The SMILES string of the molecule is CS(=O)(=O)OCCCC#Cc1cccc2c1CN(C1CCC(=O)NC1=O)C2=O. The molecule has 0 radical (unpaired) electrons. The molecule has 2 aliphatic heterocycles. The number of rotatable bonds is 5. The highest BCUT2D eigenvalue weighted by Crippen LogP contribution is 2.29. The lowest BCUT2D eigenvalue weighted by Crippen LogP contribution is -2.52. The zero-order valence-electron chi connectivity index (χ0n) is 15.4. The largest absolute Gasteiger partial charge is 0.322 e. The third-order valence-electron chi connectivity index (χ3n) is 4.55. The molecule has 2 aliphatic rings. The molecule has 0 aromatic heterocycles. The highest BCUT2D eigenvalue weighted by molar-refractivity contribution is 7.85. The second-order valence-electron chi connectivity index (χ2n) is 6.66. The lowest BCUT2D eigenvalue weighted by molar-refractivity contribution is -0.136. The first kappa shape index (κ1) is 20.0. The number of hydrogen-bond donors (Lipinski definition) is 1. The van der Waals surface area contributed by atoms with Crippen molar-refractivity contribution in [1.29, 1.82) is 0 Å². The Morgan fingerprint density at radius 3 is 2.79 bits per heavy atom. The number of nitrogens with one attached hydrogen (secondary N) is 1. The van der Waals surface area contributed by atoms with Crippen LogP contribution in [0.2, 0.25) is 0 Å². The quantitative estimate of drug-likeness (QED) is 0.332. The topological polar surface area (TPSA) is 110 Å². The van der Waals surface area contributed by atoms with E-state index >= 15 is 0 Å². The molecule has 3 rings (SSSR count). The molecule has 1 saturated heterocycles. The van der Waals surface area contributed by atoms with Gasteiger partial charge in [0.15, 0.2) is 0 Å². The summed E-state index contributed by atoms with van der Waals surface area (Å²) in [6.45, 7) is 0.338. The summed E-state index contributed by atoms with van der Waals surface area (Å²) in [6.07, 6.45) is 2.43. The first-order valence-electron chi connectivity index (χ1n) is 8.86. The number of imide groups is 1. The van der Waals surface area contributed by atoms with Crippen LogP contribution in [0.4, 0.5) is 0 Å². The van der Waals surface area contributed by atoms with Crippen LogP contribution in [-0.2, 0) is 30.4 Å². The number of nitrogens with zero attached hydrogens (tertiary/aromatic N) is 1. The Bertz CT molecular complexity index is 989. The minimum Gasteiger partial charge on any atom is -0.322 e. The van der Waals surface area contributed by atoms with Gasteiger partial charge in [-0.15, -0.1) is 0 Å². The molecule has 1 atom stereocenters. The van der Waals surface area contributed by atoms with E-state index in [4.69, 9.17) is 0 Å². The van der Waals surface area contributed by atoms with E-state index in [-0.39, 0.29) is 31.4 Å². The molecule has 8 nitrogen and oxygen atoms in total. The predicted molar refractivity (Wildman–Crippen MR) is 99.4 cm³/mol. The minimum atomic E-state index is -3.45. The summed E-state index contributed by atoms with van der Waals surface area (Å²) in [4.78, 5) is 37.7. The van der Waals surface area contributed by atoms with Crippen molar-refractivity contribution < 1.29 is 27.0 Å². The van der Waals surface area contributed by atoms with E-state index in [0.29, 0.717) is 30.4 Å². The lowest BCUT2D eigenvalue weighted by Gasteiger charge is -2.29. The van der Waals surface area contributed by atoms with Crippen LogP contribution in [-0.4, -0.2) is 49.9 Å². The second-order valence-corrected chi connectivity index (χ2v) is 8.31. The summed E-state index contributed by atoms with van der Waals surface area (Å²) in [6, 6.07) is 4.59. The Hall–Kier alpha value is -2.70. The van der Waals surface area contributed by atoms with Crippen molar-refractivity contribution in [2.45, 2.75) is 38.3 Å². The zero-order valence-corrected chi connectivity index (χ0v) is 16.2. The fourth-order valence-electron chi connectivity index (χ4n) is 3.23. The molecule has 0 saturated carbocycles. The van der Waals surface area contributed by atoms with Gasteiger partial charge in [-0.2, -0.15) is 8.42 Å². The smallest absolute Gasteiger partial charge is 0.264 e. The van der Waals surface area contributed by atoms with Crippen molar-refractivity contribution in [1.82, 2.24) is 10.2 Å². The Balaban J connectivity index is 1.68. The molecule has 1 fully saturated rings. The Morgan fingerprint density at radius 1 is 1.29 bits per heavy atom. The molecule has 28 heavy (non-hydrogen) atoms. The number of piperidine rings is 1. The van der Waals surface area contributed by atoms with Crippen LogP contribution in [0.5, 0.6) is 0 Å². The van der Waals surface area contributed by atoms with E-state index in [1.54, 1.807) is 18.2 Å². The van der Waals surface area contributed by atoms with Crippen molar-refractivity contribution in [2.75, 3.05) is 12.9 Å². The van der Waals surface area contributed by atoms with Crippen LogP contribution in [0.1, 0.15) is 47.2 Å². The number of hydrogen-bond acceptors (Lipinski definition) is 6. The van der Waals surface area contributed by atoms with E-state index in [2.05, 4.69) is 21.3 Å². The number of unbranched alkanes of at least 4 members (excludes halogenated alkanes) is 1. The van der Waals surface area contributed by atoms with E-state index in [0.717, 1.165) is 11.8 Å². The van der Waals surface area contributed by atoms with Crippen LogP contribution in [0.3, 0.4) is 0 Å². The third kappa shape index (κ3) is 4.58. The van der Waals surface area contributed by atoms with Crippen molar-refractivity contribution in [2.24, 2.45) is 0 Å². The van der Waals surface area contributed by atoms with E-state index < -0.39 is 22.1 Å². The maximum atomic E-state index is 12.7. The van der Waals surface area contributed by atoms with Crippen LogP contribution in [0, 0.1) is 11.8 Å². The van der Waals surface area contributed by atoms with Crippen LogP contribution < -0.4 is 5.32 Å². The van der Waals surface area contributed by atoms with Gasteiger partial charge in [0.1, 0.15) is 6.04 Å². The Labute approximate surface area is 163 Å². The second kappa shape index (κ2) is 8.12. The highest BCUT2D eigenvalue weighted by Gasteiger charge is 2.39. The number of carbonyl (C=O) groups excluding carboxylic acids is 3. The zero-order chi connectivity index (χ0) is 20.3. The molecule has 9 heteroatoms. The monoisotopic (exact) mass is 404 g/mol. The molecule has 0 aliphatic carbocycles. The summed E-state index contributed by atoms with van der Waals surface area (Å²) < 4.78 is 26.5. The van der Waals surface area contributed by atoms with Crippen LogP contribution in [0.15, 0.2) is 18.2 Å². The van der Waals surface area contributed by atoms with E-state index in [1.165, 1.54) is 4.90 Å². The molecule has 1 N–H and O–H groups in total. The highest BCUT2D eigenvalue weighted by atomic mass is 32.2. The molecular weight excluding hydrogens is 384 g/mol. The van der Waals surface area contributed by atoms with Gasteiger partial charge in [-0.1, -0.05) is 17.9 Å². The van der Waals surface area contributed by atoms with Crippen molar-refractivity contribution in [3.05, 3.63) is 34.9 Å².